The zero-order valence-electron chi connectivity index (χ0n) is 10.5. The number of rotatable bonds is 6. The summed E-state index contributed by atoms with van der Waals surface area (Å²) in [5.41, 5.74) is 1.04. The highest BCUT2D eigenvalue weighted by atomic mass is 32.2. The normalized spacial score (nSPS) is 10.6. The minimum absolute atomic E-state index is 0.0190. The molecule has 0 amide bonds. The molecule has 100 valence electrons. The van der Waals surface area contributed by atoms with Crippen LogP contribution >= 0.6 is 11.8 Å². The molecule has 0 bridgehead atoms. The monoisotopic (exact) mass is 278 g/mol. The van der Waals surface area contributed by atoms with Crippen LogP contribution in [-0.2, 0) is 17.8 Å². The first-order valence-corrected chi connectivity index (χ1v) is 6.84. The molecule has 0 aromatic carbocycles. The van der Waals surface area contributed by atoms with Crippen molar-refractivity contribution in [2.24, 2.45) is 0 Å². The number of thioether (sulfide) groups is 1. The fourth-order valence-corrected chi connectivity index (χ4v) is 2.32. The van der Waals surface area contributed by atoms with Gasteiger partial charge in [-0.2, -0.15) is 0 Å². The Morgan fingerprint density at radius 3 is 2.95 bits per heavy atom. The van der Waals surface area contributed by atoms with E-state index in [0.29, 0.717) is 11.7 Å². The second-order valence-corrected chi connectivity index (χ2v) is 4.82. The van der Waals surface area contributed by atoms with Gasteiger partial charge in [-0.1, -0.05) is 24.8 Å². The van der Waals surface area contributed by atoms with E-state index >= 15 is 0 Å². The molecular weight excluding hydrogens is 264 g/mol. The maximum atomic E-state index is 10.6. The van der Waals surface area contributed by atoms with Crippen molar-refractivity contribution in [1.82, 2.24) is 19.7 Å². The van der Waals surface area contributed by atoms with E-state index in [1.807, 2.05) is 23.6 Å². The lowest BCUT2D eigenvalue weighted by Crippen LogP contribution is -2.07. The molecule has 0 fully saturated rings. The summed E-state index contributed by atoms with van der Waals surface area (Å²) >= 11 is 1.18. The summed E-state index contributed by atoms with van der Waals surface area (Å²) in [5, 5.41) is 17.5. The SMILES string of the molecule is CCc1nnc(SCC(=O)O)n1Cc1cccnc1. The van der Waals surface area contributed by atoms with Gasteiger partial charge in [-0.25, -0.2) is 0 Å². The molecule has 6 nitrogen and oxygen atoms in total. The Labute approximate surface area is 114 Å². The first-order valence-electron chi connectivity index (χ1n) is 5.86. The third-order valence-electron chi connectivity index (χ3n) is 2.50. The Hall–Kier alpha value is -1.89. The Morgan fingerprint density at radius 1 is 1.47 bits per heavy atom. The molecule has 19 heavy (non-hydrogen) atoms. The highest BCUT2D eigenvalue weighted by molar-refractivity contribution is 7.99. The number of carbonyl (C=O) groups is 1. The van der Waals surface area contributed by atoms with E-state index < -0.39 is 5.97 Å². The fraction of sp³-hybridized carbons (Fsp3) is 0.333. The van der Waals surface area contributed by atoms with E-state index in [0.717, 1.165) is 17.8 Å². The summed E-state index contributed by atoms with van der Waals surface area (Å²) in [6.07, 6.45) is 4.25. The van der Waals surface area contributed by atoms with Crippen molar-refractivity contribution in [1.29, 1.82) is 0 Å². The standard InChI is InChI=1S/C12H14N4O2S/c1-2-10-14-15-12(19-8-11(17)18)16(10)7-9-4-3-5-13-6-9/h3-6H,2,7-8H2,1H3,(H,17,18). The summed E-state index contributed by atoms with van der Waals surface area (Å²) in [4.78, 5) is 14.7. The predicted molar refractivity (Wildman–Crippen MR) is 71.1 cm³/mol. The topological polar surface area (TPSA) is 80.9 Å². The van der Waals surface area contributed by atoms with Crippen LogP contribution < -0.4 is 0 Å². The lowest BCUT2D eigenvalue weighted by Gasteiger charge is -2.08. The van der Waals surface area contributed by atoms with Crippen molar-refractivity contribution in [3.8, 4) is 0 Å². The summed E-state index contributed by atoms with van der Waals surface area (Å²) in [6.45, 7) is 2.60. The van der Waals surface area contributed by atoms with Crippen LogP contribution in [0.4, 0.5) is 0 Å². The number of nitrogens with zero attached hydrogens (tertiary/aromatic N) is 4. The van der Waals surface area contributed by atoms with Gasteiger partial charge in [0, 0.05) is 18.8 Å². The van der Waals surface area contributed by atoms with Crippen LogP contribution in [0.15, 0.2) is 29.7 Å². The first-order chi connectivity index (χ1) is 9.20. The zero-order valence-corrected chi connectivity index (χ0v) is 11.3. The average Bonchev–Trinajstić information content (AvgIpc) is 2.80. The van der Waals surface area contributed by atoms with E-state index in [-0.39, 0.29) is 5.75 Å². The van der Waals surface area contributed by atoms with Gasteiger partial charge in [-0.15, -0.1) is 10.2 Å². The fourth-order valence-electron chi connectivity index (χ4n) is 1.65. The summed E-state index contributed by atoms with van der Waals surface area (Å²) in [5.74, 6) is -0.0368. The van der Waals surface area contributed by atoms with Gasteiger partial charge < -0.3 is 9.67 Å². The second-order valence-electron chi connectivity index (χ2n) is 3.88. The quantitative estimate of drug-likeness (QED) is 0.806. The molecule has 2 aromatic rings. The predicted octanol–water partition coefficient (Wildman–Crippen LogP) is 1.46. The maximum absolute atomic E-state index is 10.6. The van der Waals surface area contributed by atoms with Crippen LogP contribution in [0, 0.1) is 0 Å². The van der Waals surface area contributed by atoms with Gasteiger partial charge in [0.05, 0.1) is 12.3 Å². The first kappa shape index (κ1) is 13.5. The Kier molecular flexibility index (Phi) is 4.51. The summed E-state index contributed by atoms with van der Waals surface area (Å²) < 4.78 is 1.94. The molecule has 7 heteroatoms. The Morgan fingerprint density at radius 2 is 2.32 bits per heavy atom. The Balaban J connectivity index is 2.21. The van der Waals surface area contributed by atoms with Crippen LogP contribution in [0.1, 0.15) is 18.3 Å². The number of carboxylic acids is 1. The van der Waals surface area contributed by atoms with Crippen molar-refractivity contribution in [2.75, 3.05) is 5.75 Å². The number of pyridine rings is 1. The highest BCUT2D eigenvalue weighted by Crippen LogP contribution is 2.18. The summed E-state index contributed by atoms with van der Waals surface area (Å²) in [7, 11) is 0. The molecule has 0 saturated heterocycles. The lowest BCUT2D eigenvalue weighted by molar-refractivity contribution is -0.133. The van der Waals surface area contributed by atoms with E-state index in [1.165, 1.54) is 11.8 Å². The zero-order chi connectivity index (χ0) is 13.7. The maximum Gasteiger partial charge on any atom is 0.313 e. The minimum Gasteiger partial charge on any atom is -0.481 e. The van der Waals surface area contributed by atoms with Crippen LogP contribution in [0.2, 0.25) is 0 Å². The molecule has 2 rings (SSSR count). The van der Waals surface area contributed by atoms with Crippen molar-refractivity contribution in [3.63, 3.8) is 0 Å². The van der Waals surface area contributed by atoms with E-state index in [9.17, 15) is 4.79 Å². The van der Waals surface area contributed by atoms with Crippen molar-refractivity contribution < 1.29 is 9.90 Å². The average molecular weight is 278 g/mol. The molecule has 0 saturated carbocycles. The molecule has 0 aliphatic heterocycles. The van der Waals surface area contributed by atoms with Gasteiger partial charge in [0.15, 0.2) is 5.16 Å². The van der Waals surface area contributed by atoms with E-state index in [4.69, 9.17) is 5.11 Å². The molecule has 0 aliphatic carbocycles. The molecule has 0 radical (unpaired) electrons. The van der Waals surface area contributed by atoms with Crippen LogP contribution in [0.25, 0.3) is 0 Å². The number of carboxylic acid groups (broad SMARTS) is 1. The van der Waals surface area contributed by atoms with Gasteiger partial charge in [0.25, 0.3) is 0 Å². The molecule has 0 spiro atoms. The Bertz CT molecular complexity index is 556. The number of aromatic nitrogens is 4. The van der Waals surface area contributed by atoms with Gasteiger partial charge in [-0.3, -0.25) is 9.78 Å². The van der Waals surface area contributed by atoms with Crippen LogP contribution in [0.5, 0.6) is 0 Å². The molecule has 1 N–H and O–H groups in total. The van der Waals surface area contributed by atoms with E-state index in [2.05, 4.69) is 15.2 Å². The van der Waals surface area contributed by atoms with E-state index in [1.54, 1.807) is 12.4 Å². The second kappa shape index (κ2) is 6.33. The number of hydrogen-bond acceptors (Lipinski definition) is 5. The van der Waals surface area contributed by atoms with Gasteiger partial charge in [0.1, 0.15) is 5.82 Å². The van der Waals surface area contributed by atoms with Gasteiger partial charge in [-0.05, 0) is 11.6 Å². The van der Waals surface area contributed by atoms with Gasteiger partial charge >= 0.3 is 5.97 Å². The van der Waals surface area contributed by atoms with Crippen molar-refractivity contribution >= 4 is 17.7 Å². The molecule has 0 atom stereocenters. The lowest BCUT2D eigenvalue weighted by atomic mass is 10.3. The third kappa shape index (κ3) is 3.54. The highest BCUT2D eigenvalue weighted by Gasteiger charge is 2.13. The largest absolute Gasteiger partial charge is 0.481 e. The van der Waals surface area contributed by atoms with Crippen LogP contribution in [-0.4, -0.2) is 36.6 Å². The van der Waals surface area contributed by atoms with Crippen LogP contribution in [0.3, 0.4) is 0 Å². The molecule has 2 heterocycles. The number of aryl methyl sites for hydroxylation is 1. The molecule has 0 aliphatic rings. The third-order valence-corrected chi connectivity index (χ3v) is 3.45. The van der Waals surface area contributed by atoms with Gasteiger partial charge in [0.2, 0.25) is 0 Å². The van der Waals surface area contributed by atoms with Crippen molar-refractivity contribution in [3.05, 3.63) is 35.9 Å². The summed E-state index contributed by atoms with van der Waals surface area (Å²) in [6, 6.07) is 3.84. The molecule has 0 unspecified atom stereocenters. The number of aliphatic carboxylic acids is 1. The minimum atomic E-state index is -0.862. The van der Waals surface area contributed by atoms with Crippen molar-refractivity contribution in [2.45, 2.75) is 25.0 Å². The number of hydrogen-bond donors (Lipinski definition) is 1. The molecule has 2 aromatic heterocycles. The molecular formula is C12H14N4O2S. The smallest absolute Gasteiger partial charge is 0.313 e.